The summed E-state index contributed by atoms with van der Waals surface area (Å²) in [5.41, 5.74) is 4.35. The van der Waals surface area contributed by atoms with Crippen LogP contribution in [0.5, 0.6) is 5.75 Å². The molecule has 0 unspecified atom stereocenters. The Morgan fingerprint density at radius 1 is 1.33 bits per heavy atom. The van der Waals surface area contributed by atoms with Crippen LogP contribution in [-0.4, -0.2) is 32.2 Å². The van der Waals surface area contributed by atoms with Crippen molar-refractivity contribution in [2.24, 2.45) is 5.10 Å². The van der Waals surface area contributed by atoms with Gasteiger partial charge in [0.1, 0.15) is 17.8 Å². The average Bonchev–Trinajstić information content (AvgIpc) is 2.95. The lowest BCUT2D eigenvalue weighted by Gasteiger charge is -2.03. The highest BCUT2D eigenvalue weighted by atomic mass is 79.9. The molecule has 0 spiro atoms. The number of aromatic nitrogens is 3. The monoisotopic (exact) mass is 451 g/mol. The van der Waals surface area contributed by atoms with E-state index >= 15 is 0 Å². The molecule has 0 saturated carbocycles. The molecule has 1 amide bonds. The highest BCUT2D eigenvalue weighted by molar-refractivity contribution is 9.11. The molecule has 0 fully saturated rings. The van der Waals surface area contributed by atoms with Gasteiger partial charge in [-0.05, 0) is 40.2 Å². The van der Waals surface area contributed by atoms with Gasteiger partial charge in [0.2, 0.25) is 0 Å². The maximum atomic E-state index is 12.0. The minimum atomic E-state index is -0.351. The first-order chi connectivity index (χ1) is 11.5. The van der Waals surface area contributed by atoms with Crippen molar-refractivity contribution in [3.05, 3.63) is 50.9 Å². The smallest absolute Gasteiger partial charge is 0.261 e. The molecule has 0 radical (unpaired) electrons. The second kappa shape index (κ2) is 7.10. The molecule has 0 aliphatic rings. The lowest BCUT2D eigenvalue weighted by atomic mass is 10.2. The van der Waals surface area contributed by atoms with E-state index in [4.69, 9.17) is 0 Å². The van der Waals surface area contributed by atoms with Crippen LogP contribution in [0, 0.1) is 0 Å². The number of phenols is 1. The number of carbonyl (C=O) groups excluding carboxylic acids is 1. The average molecular weight is 453 g/mol. The molecular formula is C15H11Br2N5O2. The number of hydrazone groups is 1. The number of nitrogens with zero attached hydrogens (tertiary/aromatic N) is 4. The number of carbonyl (C=O) groups is 1. The lowest BCUT2D eigenvalue weighted by molar-refractivity contribution is -0.121. The zero-order valence-corrected chi connectivity index (χ0v) is 15.3. The Labute approximate surface area is 153 Å². The van der Waals surface area contributed by atoms with Crippen LogP contribution in [0.3, 0.4) is 0 Å². The Morgan fingerprint density at radius 2 is 2.12 bits per heavy atom. The van der Waals surface area contributed by atoms with Crippen molar-refractivity contribution in [3.8, 4) is 5.75 Å². The van der Waals surface area contributed by atoms with E-state index in [-0.39, 0.29) is 18.2 Å². The largest absolute Gasteiger partial charge is 0.506 e. The van der Waals surface area contributed by atoms with Gasteiger partial charge in [-0.15, -0.1) is 5.10 Å². The molecule has 24 heavy (non-hydrogen) atoms. The van der Waals surface area contributed by atoms with E-state index in [0.717, 1.165) is 15.5 Å². The first kappa shape index (κ1) is 16.6. The van der Waals surface area contributed by atoms with E-state index < -0.39 is 0 Å². The minimum absolute atomic E-state index is 0.00792. The first-order valence-corrected chi connectivity index (χ1v) is 8.41. The van der Waals surface area contributed by atoms with Crippen LogP contribution in [0.15, 0.2) is 50.4 Å². The summed E-state index contributed by atoms with van der Waals surface area (Å²) in [7, 11) is 0. The van der Waals surface area contributed by atoms with Crippen molar-refractivity contribution >= 4 is 55.0 Å². The summed E-state index contributed by atoms with van der Waals surface area (Å²) in [6.45, 7) is -0.00792. The fraction of sp³-hybridized carbons (Fsp3) is 0.0667. The molecule has 0 bridgehead atoms. The number of fused-ring (bicyclic) bond motifs is 1. The van der Waals surface area contributed by atoms with Crippen molar-refractivity contribution in [1.29, 1.82) is 0 Å². The van der Waals surface area contributed by atoms with Gasteiger partial charge in [0.05, 0.1) is 16.2 Å². The number of benzene rings is 2. The number of hydrogen-bond donors (Lipinski definition) is 2. The summed E-state index contributed by atoms with van der Waals surface area (Å²) in [5, 5.41) is 21.7. The molecule has 9 heteroatoms. The van der Waals surface area contributed by atoms with Gasteiger partial charge in [-0.3, -0.25) is 4.79 Å². The van der Waals surface area contributed by atoms with Crippen LogP contribution >= 0.6 is 31.9 Å². The third-order valence-electron chi connectivity index (χ3n) is 3.16. The Balaban J connectivity index is 1.68. The van der Waals surface area contributed by atoms with Crippen molar-refractivity contribution < 1.29 is 9.90 Å². The predicted octanol–water partition coefficient (Wildman–Crippen LogP) is 2.81. The number of hydrogen-bond acceptors (Lipinski definition) is 5. The number of amides is 1. The molecule has 0 aliphatic carbocycles. The molecule has 3 rings (SSSR count). The molecule has 0 aliphatic heterocycles. The lowest BCUT2D eigenvalue weighted by Crippen LogP contribution is -2.23. The standard InChI is InChI=1S/C15H11Br2N5O2/c16-10-5-9(15(24)11(17)6-10)7-18-20-14(23)8-22-13-4-2-1-3-12(13)19-21-22/h1-7,24H,8H2,(H,20,23). The van der Waals surface area contributed by atoms with Crippen LogP contribution in [0.25, 0.3) is 11.0 Å². The third-order valence-corrected chi connectivity index (χ3v) is 4.23. The Hall–Kier alpha value is -2.26. The van der Waals surface area contributed by atoms with Gasteiger partial charge < -0.3 is 5.11 Å². The van der Waals surface area contributed by atoms with Gasteiger partial charge in [0, 0.05) is 10.0 Å². The number of rotatable bonds is 4. The summed E-state index contributed by atoms with van der Waals surface area (Å²) in [6, 6.07) is 10.8. The normalized spacial score (nSPS) is 11.2. The summed E-state index contributed by atoms with van der Waals surface area (Å²) in [4.78, 5) is 12.0. The highest BCUT2D eigenvalue weighted by Gasteiger charge is 2.08. The number of phenolic OH excluding ortho intramolecular Hbond substituents is 1. The van der Waals surface area contributed by atoms with Gasteiger partial charge in [0.15, 0.2) is 0 Å². The van der Waals surface area contributed by atoms with E-state index in [9.17, 15) is 9.90 Å². The van der Waals surface area contributed by atoms with Crippen LogP contribution in [0.4, 0.5) is 0 Å². The van der Waals surface area contributed by atoms with Crippen molar-refractivity contribution in [1.82, 2.24) is 20.4 Å². The Kier molecular flexibility index (Phi) is 4.91. The molecular weight excluding hydrogens is 442 g/mol. The van der Waals surface area contributed by atoms with Gasteiger partial charge in [-0.1, -0.05) is 33.3 Å². The fourth-order valence-corrected chi connectivity index (χ4v) is 3.32. The van der Waals surface area contributed by atoms with Crippen LogP contribution in [-0.2, 0) is 11.3 Å². The molecule has 1 aromatic heterocycles. The topological polar surface area (TPSA) is 92.4 Å². The molecule has 0 saturated heterocycles. The van der Waals surface area contributed by atoms with Gasteiger partial charge in [0.25, 0.3) is 5.91 Å². The summed E-state index contributed by atoms with van der Waals surface area (Å²) >= 11 is 6.56. The van der Waals surface area contributed by atoms with E-state index in [1.165, 1.54) is 10.9 Å². The van der Waals surface area contributed by atoms with Gasteiger partial charge >= 0.3 is 0 Å². The first-order valence-electron chi connectivity index (χ1n) is 6.83. The molecule has 2 aromatic carbocycles. The second-order valence-corrected chi connectivity index (χ2v) is 6.62. The number of nitrogens with one attached hydrogen (secondary N) is 1. The van der Waals surface area contributed by atoms with Crippen LogP contribution < -0.4 is 5.43 Å². The number of halogens is 2. The minimum Gasteiger partial charge on any atom is -0.506 e. The summed E-state index contributed by atoms with van der Waals surface area (Å²) in [5.74, 6) is -0.311. The maximum Gasteiger partial charge on any atom is 0.261 e. The predicted molar refractivity (Wildman–Crippen MR) is 96.8 cm³/mol. The van der Waals surface area contributed by atoms with Crippen molar-refractivity contribution in [3.63, 3.8) is 0 Å². The van der Waals surface area contributed by atoms with Crippen molar-refractivity contribution in [2.45, 2.75) is 6.54 Å². The number of para-hydroxylation sites is 1. The quantitative estimate of drug-likeness (QED) is 0.470. The van der Waals surface area contributed by atoms with E-state index in [1.54, 1.807) is 12.1 Å². The molecule has 0 atom stereocenters. The second-order valence-electron chi connectivity index (χ2n) is 4.85. The van der Waals surface area contributed by atoms with E-state index in [0.29, 0.717) is 10.0 Å². The Morgan fingerprint density at radius 3 is 2.96 bits per heavy atom. The molecule has 3 aromatic rings. The van der Waals surface area contributed by atoms with Gasteiger partial charge in [-0.25, -0.2) is 10.1 Å². The Bertz CT molecular complexity index is 939. The number of aromatic hydroxyl groups is 1. The fourth-order valence-electron chi connectivity index (χ4n) is 2.06. The van der Waals surface area contributed by atoms with Crippen LogP contribution in [0.1, 0.15) is 5.56 Å². The molecule has 7 nitrogen and oxygen atoms in total. The summed E-state index contributed by atoms with van der Waals surface area (Å²) in [6.07, 6.45) is 1.36. The van der Waals surface area contributed by atoms with E-state index in [1.807, 2.05) is 24.3 Å². The van der Waals surface area contributed by atoms with Crippen molar-refractivity contribution in [2.75, 3.05) is 0 Å². The molecule has 1 heterocycles. The van der Waals surface area contributed by atoms with Crippen LogP contribution in [0.2, 0.25) is 0 Å². The molecule has 122 valence electrons. The van der Waals surface area contributed by atoms with Gasteiger partial charge in [-0.2, -0.15) is 5.10 Å². The zero-order chi connectivity index (χ0) is 17.1. The SMILES string of the molecule is O=C(Cn1nnc2ccccc21)NN=Cc1cc(Br)cc(Br)c1O. The highest BCUT2D eigenvalue weighted by Crippen LogP contribution is 2.30. The third kappa shape index (κ3) is 3.62. The summed E-state index contributed by atoms with van der Waals surface area (Å²) < 4.78 is 2.79. The maximum absolute atomic E-state index is 12.0. The molecule has 2 N–H and O–H groups in total. The zero-order valence-electron chi connectivity index (χ0n) is 12.1. The van der Waals surface area contributed by atoms with E-state index in [2.05, 4.69) is 52.7 Å².